The fourth-order valence-corrected chi connectivity index (χ4v) is 5.47. The van der Waals surface area contributed by atoms with Gasteiger partial charge in [-0.3, -0.25) is 9.36 Å². The highest BCUT2D eigenvalue weighted by atomic mass is 32.1. The minimum absolute atomic E-state index is 0.0428. The number of aromatic hydroxyl groups is 1. The first-order chi connectivity index (χ1) is 17.4. The fourth-order valence-electron chi connectivity index (χ4n) is 3.56. The van der Waals surface area contributed by atoms with Crippen LogP contribution in [0.1, 0.15) is 11.1 Å². The monoisotopic (exact) mass is 527 g/mol. The van der Waals surface area contributed by atoms with Crippen LogP contribution in [0.15, 0.2) is 80.1 Å². The number of aromatic nitrogens is 2. The van der Waals surface area contributed by atoms with Gasteiger partial charge in [0.2, 0.25) is 0 Å². The van der Waals surface area contributed by atoms with Gasteiger partial charge in [0.15, 0.2) is 11.6 Å². The van der Waals surface area contributed by atoms with Gasteiger partial charge < -0.3 is 29.3 Å². The van der Waals surface area contributed by atoms with Gasteiger partial charge >= 0.3 is 7.52 Å². The maximum absolute atomic E-state index is 13.4. The first kappa shape index (κ1) is 23.6. The molecule has 184 valence electrons. The molecule has 5 N–H and O–H groups in total. The molecule has 0 saturated carbocycles. The molecule has 4 aromatic rings. The second-order valence-electron chi connectivity index (χ2n) is 7.50. The van der Waals surface area contributed by atoms with Crippen LogP contribution < -0.4 is 26.8 Å². The van der Waals surface area contributed by atoms with E-state index >= 15 is 0 Å². The van der Waals surface area contributed by atoms with Crippen LogP contribution in [0.2, 0.25) is 0 Å². The van der Waals surface area contributed by atoms with Crippen molar-refractivity contribution in [1.29, 1.82) is 0 Å². The van der Waals surface area contributed by atoms with E-state index in [2.05, 4.69) is 20.0 Å². The summed E-state index contributed by atoms with van der Waals surface area (Å²) in [5, 5.41) is 21.8. The van der Waals surface area contributed by atoms with Crippen LogP contribution in [-0.4, -0.2) is 25.6 Å². The fraction of sp³-hybridized carbons (Fsp3) is 0.0455. The molecule has 12 nitrogen and oxygen atoms in total. The van der Waals surface area contributed by atoms with Crippen LogP contribution in [0.25, 0.3) is 11.3 Å². The number of thiophene rings is 1. The topological polar surface area (TPSA) is 174 Å². The Morgan fingerprint density at radius 2 is 2.14 bits per heavy atom. The van der Waals surface area contributed by atoms with Gasteiger partial charge in [0, 0.05) is 16.5 Å². The highest BCUT2D eigenvalue weighted by Gasteiger charge is 2.34. The van der Waals surface area contributed by atoms with Gasteiger partial charge in [-0.15, -0.1) is 0 Å². The Hall–Kier alpha value is -4.16. The third-order valence-corrected chi connectivity index (χ3v) is 7.34. The third-order valence-electron chi connectivity index (χ3n) is 5.18. The van der Waals surface area contributed by atoms with Crippen molar-refractivity contribution >= 4 is 35.7 Å². The summed E-state index contributed by atoms with van der Waals surface area (Å²) in [6.07, 6.45) is 5.16. The molecule has 1 aliphatic rings. The van der Waals surface area contributed by atoms with E-state index < -0.39 is 18.8 Å². The van der Waals surface area contributed by atoms with Crippen LogP contribution in [0, 0.1) is 0 Å². The van der Waals surface area contributed by atoms with Gasteiger partial charge in [-0.25, -0.2) is 4.68 Å². The lowest BCUT2D eigenvalue weighted by atomic mass is 10.1. The number of rotatable bonds is 7. The zero-order valence-corrected chi connectivity index (χ0v) is 20.0. The maximum Gasteiger partial charge on any atom is 0.346 e. The van der Waals surface area contributed by atoms with Gasteiger partial charge in [-0.1, -0.05) is 0 Å². The summed E-state index contributed by atoms with van der Waals surface area (Å²) in [7, 11) is -4.38. The Morgan fingerprint density at radius 1 is 1.28 bits per heavy atom. The summed E-state index contributed by atoms with van der Waals surface area (Å²) in [6.45, 7) is 0.0428. The molecule has 1 atom stereocenters. The number of amidine groups is 1. The van der Waals surface area contributed by atoms with E-state index in [0.717, 1.165) is 17.2 Å². The van der Waals surface area contributed by atoms with Gasteiger partial charge in [-0.05, 0) is 35.7 Å². The standard InChI is InChI=1S/C22H18N5O7PS/c23-34-7-6-33-15-1-2-16-17(9-15)35(30,31)26-21(24-16)18-20(28)19(14-4-8-36-12-14)25-27(22(18)29)10-13-3-5-32-11-13/h1-9,11-12,28H,10,23H2,(H2,24,26,30,31)/b7-6+. The van der Waals surface area contributed by atoms with Gasteiger partial charge in [0.25, 0.3) is 5.56 Å². The molecular weight excluding hydrogens is 509 g/mol. The van der Waals surface area contributed by atoms with E-state index in [9.17, 15) is 19.4 Å². The van der Waals surface area contributed by atoms with Gasteiger partial charge in [0.1, 0.15) is 29.5 Å². The molecule has 0 saturated heterocycles. The van der Waals surface area contributed by atoms with Gasteiger partial charge in [-0.2, -0.15) is 27.1 Å². The van der Waals surface area contributed by atoms with Crippen molar-refractivity contribution in [2.24, 2.45) is 10.7 Å². The van der Waals surface area contributed by atoms with Crippen molar-refractivity contribution in [3.8, 4) is 22.8 Å². The predicted octanol–water partition coefficient (Wildman–Crippen LogP) is 2.74. The number of nitrogens with two attached hydrogens (primary N) is 1. The van der Waals surface area contributed by atoms with E-state index in [-0.39, 0.29) is 40.4 Å². The number of fused-ring (bicyclic) bond motifs is 1. The molecule has 0 aliphatic carbocycles. The summed E-state index contributed by atoms with van der Waals surface area (Å²) >= 11 is 1.38. The lowest BCUT2D eigenvalue weighted by Crippen LogP contribution is -2.34. The molecule has 14 heteroatoms. The lowest BCUT2D eigenvalue weighted by molar-refractivity contribution is 0.250. The van der Waals surface area contributed by atoms with E-state index in [1.54, 1.807) is 22.9 Å². The summed E-state index contributed by atoms with van der Waals surface area (Å²) in [4.78, 5) is 28.5. The first-order valence-electron chi connectivity index (χ1n) is 10.3. The highest BCUT2D eigenvalue weighted by Crippen LogP contribution is 2.48. The Morgan fingerprint density at radius 3 is 2.86 bits per heavy atom. The molecule has 0 radical (unpaired) electrons. The Labute approximate surface area is 207 Å². The molecule has 1 unspecified atom stereocenters. The van der Waals surface area contributed by atoms with Gasteiger partial charge in [0.05, 0.1) is 30.1 Å². The molecule has 3 aromatic heterocycles. The van der Waals surface area contributed by atoms with Crippen LogP contribution in [0.5, 0.6) is 11.5 Å². The van der Waals surface area contributed by atoms with E-state index in [4.69, 9.17) is 15.1 Å². The normalized spacial score (nSPS) is 16.9. The van der Waals surface area contributed by atoms with E-state index in [1.165, 1.54) is 42.1 Å². The quantitative estimate of drug-likeness (QED) is 0.159. The number of furan rings is 1. The SMILES string of the molecule is NO/C=C/Oc1ccc2c(c1)P(=O)(O)N=C(c1c(O)c(-c3ccsc3)nn(Cc3ccoc3)c1=O)N2. The van der Waals surface area contributed by atoms with Crippen molar-refractivity contribution in [2.45, 2.75) is 6.54 Å². The average molecular weight is 527 g/mol. The number of ether oxygens (including phenoxy) is 1. The minimum Gasteiger partial charge on any atom is -0.505 e. The lowest BCUT2D eigenvalue weighted by Gasteiger charge is -2.23. The average Bonchev–Trinajstić information content (AvgIpc) is 3.56. The van der Waals surface area contributed by atoms with E-state index in [0.29, 0.717) is 11.1 Å². The molecule has 0 amide bonds. The zero-order chi connectivity index (χ0) is 25.3. The van der Waals surface area contributed by atoms with Crippen molar-refractivity contribution in [3.63, 3.8) is 0 Å². The molecule has 0 fully saturated rings. The largest absolute Gasteiger partial charge is 0.505 e. The van der Waals surface area contributed by atoms with Crippen molar-refractivity contribution in [1.82, 2.24) is 9.78 Å². The summed E-state index contributed by atoms with van der Waals surface area (Å²) < 4.78 is 28.6. The molecule has 0 bridgehead atoms. The molecular formula is C22H18N5O7PS. The number of nitrogens with zero attached hydrogens (tertiary/aromatic N) is 3. The molecule has 5 rings (SSSR count). The predicted molar refractivity (Wildman–Crippen MR) is 132 cm³/mol. The zero-order valence-electron chi connectivity index (χ0n) is 18.3. The Kier molecular flexibility index (Phi) is 6.20. The third kappa shape index (κ3) is 4.43. The van der Waals surface area contributed by atoms with Crippen LogP contribution in [-0.2, 0) is 15.9 Å². The van der Waals surface area contributed by atoms with Crippen LogP contribution in [0.4, 0.5) is 5.69 Å². The van der Waals surface area contributed by atoms with Crippen LogP contribution in [0.3, 0.4) is 0 Å². The number of hydrogen-bond donors (Lipinski definition) is 4. The Bertz CT molecular complexity index is 1580. The minimum atomic E-state index is -4.38. The van der Waals surface area contributed by atoms with Crippen molar-refractivity contribution in [3.05, 3.63) is 87.6 Å². The number of benzene rings is 1. The van der Waals surface area contributed by atoms with Crippen LogP contribution >= 0.6 is 18.9 Å². The van der Waals surface area contributed by atoms with E-state index in [1.807, 2.05) is 0 Å². The maximum atomic E-state index is 13.4. The summed E-state index contributed by atoms with van der Waals surface area (Å²) in [6, 6.07) is 7.74. The molecule has 1 aliphatic heterocycles. The second kappa shape index (κ2) is 9.47. The smallest absolute Gasteiger partial charge is 0.346 e. The number of hydrogen-bond acceptors (Lipinski definition) is 10. The molecule has 36 heavy (non-hydrogen) atoms. The summed E-state index contributed by atoms with van der Waals surface area (Å²) in [5.74, 6) is 4.39. The number of anilines is 1. The van der Waals surface area contributed by atoms with Crippen molar-refractivity contribution < 1.29 is 28.6 Å². The molecule has 0 spiro atoms. The molecule has 1 aromatic carbocycles. The number of nitrogens with one attached hydrogen (secondary N) is 1. The first-order valence-corrected chi connectivity index (χ1v) is 12.8. The van der Waals surface area contributed by atoms with Crippen molar-refractivity contribution in [2.75, 3.05) is 5.32 Å². The second-order valence-corrected chi connectivity index (χ2v) is 10.1. The molecule has 4 heterocycles. The summed E-state index contributed by atoms with van der Waals surface area (Å²) in [5.41, 5.74) is 0.560. The Balaban J connectivity index is 1.63. The highest BCUT2D eigenvalue weighted by molar-refractivity contribution is 7.65.